The summed E-state index contributed by atoms with van der Waals surface area (Å²) in [7, 11) is 0. The predicted octanol–water partition coefficient (Wildman–Crippen LogP) is 4.74. The number of nitrogens with zero attached hydrogens (tertiary/aromatic N) is 2. The van der Waals surface area contributed by atoms with Crippen LogP contribution in [0.15, 0.2) is 36.4 Å². The molecular formula is C15H9Cl3N2O2. The summed E-state index contributed by atoms with van der Waals surface area (Å²) in [4.78, 5) is 11.3. The van der Waals surface area contributed by atoms with Crippen molar-refractivity contribution in [1.29, 1.82) is 0 Å². The van der Waals surface area contributed by atoms with Crippen LogP contribution in [0.1, 0.15) is 16.1 Å². The van der Waals surface area contributed by atoms with E-state index < -0.39 is 5.97 Å². The van der Waals surface area contributed by atoms with Crippen molar-refractivity contribution in [3.63, 3.8) is 0 Å². The van der Waals surface area contributed by atoms with Crippen molar-refractivity contribution in [1.82, 2.24) is 9.78 Å². The number of hydrogen-bond donors (Lipinski definition) is 1. The largest absolute Gasteiger partial charge is 0.476 e. The van der Waals surface area contributed by atoms with Crippen LogP contribution < -0.4 is 0 Å². The van der Waals surface area contributed by atoms with Gasteiger partial charge in [-0.3, -0.25) is 4.68 Å². The molecule has 7 heteroatoms. The van der Waals surface area contributed by atoms with Gasteiger partial charge in [0.25, 0.3) is 0 Å². The summed E-state index contributed by atoms with van der Waals surface area (Å²) in [5.74, 6) is -1.10. The molecule has 0 radical (unpaired) electrons. The summed E-state index contributed by atoms with van der Waals surface area (Å²) in [5.41, 5.74) is 1.43. The van der Waals surface area contributed by atoms with Gasteiger partial charge in [0.05, 0.1) is 12.1 Å². The van der Waals surface area contributed by atoms with Gasteiger partial charge in [-0.15, -0.1) is 0 Å². The number of carboxylic acids is 1. The molecule has 0 saturated carbocycles. The van der Waals surface area contributed by atoms with E-state index in [4.69, 9.17) is 34.8 Å². The molecule has 0 aliphatic carbocycles. The van der Waals surface area contributed by atoms with Crippen LogP contribution >= 0.6 is 34.8 Å². The van der Waals surface area contributed by atoms with Crippen molar-refractivity contribution >= 4 is 51.7 Å². The SMILES string of the molecule is O=C(O)c1nn(Cc2ccc(Cl)cc2Cl)c2ccc(Cl)cc12. The van der Waals surface area contributed by atoms with Crippen LogP contribution in [0.25, 0.3) is 10.9 Å². The smallest absolute Gasteiger partial charge is 0.357 e. The molecule has 0 spiro atoms. The zero-order valence-corrected chi connectivity index (χ0v) is 13.3. The van der Waals surface area contributed by atoms with Crippen molar-refractivity contribution < 1.29 is 9.90 Å². The van der Waals surface area contributed by atoms with Gasteiger partial charge < -0.3 is 5.11 Å². The van der Waals surface area contributed by atoms with Crippen molar-refractivity contribution in [3.05, 3.63) is 62.7 Å². The summed E-state index contributed by atoms with van der Waals surface area (Å²) < 4.78 is 1.59. The fourth-order valence-corrected chi connectivity index (χ4v) is 2.88. The maximum Gasteiger partial charge on any atom is 0.357 e. The Balaban J connectivity index is 2.13. The molecule has 0 aliphatic rings. The Morgan fingerprint density at radius 3 is 2.45 bits per heavy atom. The van der Waals surface area contributed by atoms with E-state index in [-0.39, 0.29) is 5.69 Å². The van der Waals surface area contributed by atoms with E-state index in [1.807, 2.05) is 0 Å². The summed E-state index contributed by atoms with van der Waals surface area (Å²) in [5, 5.41) is 15.4. The van der Waals surface area contributed by atoms with Crippen LogP contribution in [-0.2, 0) is 6.54 Å². The molecule has 0 fully saturated rings. The Morgan fingerprint density at radius 1 is 1.09 bits per heavy atom. The number of carboxylic acid groups (broad SMARTS) is 1. The second-order valence-electron chi connectivity index (χ2n) is 4.71. The normalized spacial score (nSPS) is 11.0. The van der Waals surface area contributed by atoms with Gasteiger partial charge in [-0.1, -0.05) is 40.9 Å². The number of rotatable bonds is 3. The summed E-state index contributed by atoms with van der Waals surface area (Å²) in [6.45, 7) is 0.335. The molecule has 3 aromatic rings. The van der Waals surface area contributed by atoms with Crippen molar-refractivity contribution in [2.24, 2.45) is 0 Å². The third kappa shape index (κ3) is 2.77. The number of hydrogen-bond acceptors (Lipinski definition) is 2. The third-order valence-electron chi connectivity index (χ3n) is 3.25. The molecule has 4 nitrogen and oxygen atoms in total. The number of aromatic nitrogens is 2. The number of halogens is 3. The van der Waals surface area contributed by atoms with E-state index in [1.165, 1.54) is 0 Å². The molecule has 0 aliphatic heterocycles. The zero-order valence-electron chi connectivity index (χ0n) is 11.1. The quantitative estimate of drug-likeness (QED) is 0.738. The van der Waals surface area contributed by atoms with E-state index in [0.29, 0.717) is 32.5 Å². The van der Waals surface area contributed by atoms with E-state index in [0.717, 1.165) is 5.56 Å². The molecule has 3 rings (SSSR count). The maximum absolute atomic E-state index is 11.3. The Labute approximate surface area is 140 Å². The van der Waals surface area contributed by atoms with E-state index in [9.17, 15) is 9.90 Å². The van der Waals surface area contributed by atoms with Gasteiger partial charge in [0.2, 0.25) is 0 Å². The topological polar surface area (TPSA) is 55.1 Å². The van der Waals surface area contributed by atoms with Crippen LogP contribution in [0.2, 0.25) is 15.1 Å². The fourth-order valence-electron chi connectivity index (χ4n) is 2.24. The number of benzene rings is 2. The summed E-state index contributed by atoms with van der Waals surface area (Å²) >= 11 is 18.0. The second kappa shape index (κ2) is 5.80. The van der Waals surface area contributed by atoms with Gasteiger partial charge in [-0.2, -0.15) is 5.10 Å². The van der Waals surface area contributed by atoms with Crippen molar-refractivity contribution in [3.8, 4) is 0 Å². The molecule has 1 N–H and O–H groups in total. The maximum atomic E-state index is 11.3. The summed E-state index contributed by atoms with van der Waals surface area (Å²) in [6.07, 6.45) is 0. The number of carbonyl (C=O) groups is 1. The van der Waals surface area contributed by atoms with Gasteiger partial charge >= 0.3 is 5.97 Å². The van der Waals surface area contributed by atoms with Gasteiger partial charge in [0, 0.05) is 20.5 Å². The Kier molecular flexibility index (Phi) is 4.00. The van der Waals surface area contributed by atoms with Gasteiger partial charge in [0.15, 0.2) is 5.69 Å². The first kappa shape index (κ1) is 15.2. The lowest BCUT2D eigenvalue weighted by Gasteiger charge is -2.06. The van der Waals surface area contributed by atoms with Gasteiger partial charge in [-0.05, 0) is 35.9 Å². The Hall–Kier alpha value is -1.75. The highest BCUT2D eigenvalue weighted by atomic mass is 35.5. The predicted molar refractivity (Wildman–Crippen MR) is 87.3 cm³/mol. The average molecular weight is 356 g/mol. The molecule has 1 heterocycles. The first-order valence-electron chi connectivity index (χ1n) is 6.29. The van der Waals surface area contributed by atoms with Crippen molar-refractivity contribution in [2.75, 3.05) is 0 Å². The monoisotopic (exact) mass is 354 g/mol. The van der Waals surface area contributed by atoms with E-state index in [1.54, 1.807) is 41.1 Å². The number of fused-ring (bicyclic) bond motifs is 1. The first-order chi connectivity index (χ1) is 10.5. The molecule has 112 valence electrons. The average Bonchev–Trinajstić information content (AvgIpc) is 2.80. The lowest BCUT2D eigenvalue weighted by molar-refractivity contribution is 0.0691. The minimum Gasteiger partial charge on any atom is -0.476 e. The highest BCUT2D eigenvalue weighted by Gasteiger charge is 2.17. The standard InChI is InChI=1S/C15H9Cl3N2O2/c16-9-3-4-13-11(5-9)14(15(21)22)19-20(13)7-8-1-2-10(17)6-12(8)18/h1-6H,7H2,(H,21,22). The molecular weight excluding hydrogens is 347 g/mol. The van der Waals surface area contributed by atoms with E-state index in [2.05, 4.69) is 5.10 Å². The second-order valence-corrected chi connectivity index (χ2v) is 5.99. The minimum absolute atomic E-state index is 0.0393. The Morgan fingerprint density at radius 2 is 1.77 bits per heavy atom. The van der Waals surface area contributed by atoms with Crippen LogP contribution in [0.4, 0.5) is 0 Å². The molecule has 2 aromatic carbocycles. The van der Waals surface area contributed by atoms with Crippen LogP contribution in [0.5, 0.6) is 0 Å². The third-order valence-corrected chi connectivity index (χ3v) is 4.07. The first-order valence-corrected chi connectivity index (χ1v) is 7.42. The van der Waals surface area contributed by atoms with Gasteiger partial charge in [0.1, 0.15) is 0 Å². The summed E-state index contributed by atoms with van der Waals surface area (Å²) in [6, 6.07) is 10.2. The van der Waals surface area contributed by atoms with E-state index >= 15 is 0 Å². The Bertz CT molecular complexity index is 890. The molecule has 22 heavy (non-hydrogen) atoms. The van der Waals surface area contributed by atoms with Crippen LogP contribution in [0.3, 0.4) is 0 Å². The van der Waals surface area contributed by atoms with Crippen LogP contribution in [-0.4, -0.2) is 20.9 Å². The molecule has 0 atom stereocenters. The molecule has 0 unspecified atom stereocenters. The highest BCUT2D eigenvalue weighted by Crippen LogP contribution is 2.26. The zero-order chi connectivity index (χ0) is 15.9. The lowest BCUT2D eigenvalue weighted by Crippen LogP contribution is -2.05. The molecule has 1 aromatic heterocycles. The highest BCUT2D eigenvalue weighted by molar-refractivity contribution is 6.35. The molecule has 0 bridgehead atoms. The van der Waals surface area contributed by atoms with Crippen LogP contribution in [0, 0.1) is 0 Å². The minimum atomic E-state index is -1.10. The van der Waals surface area contributed by atoms with Crippen molar-refractivity contribution in [2.45, 2.75) is 6.54 Å². The van der Waals surface area contributed by atoms with Gasteiger partial charge in [-0.25, -0.2) is 4.79 Å². The fraction of sp³-hybridized carbons (Fsp3) is 0.0667. The molecule has 0 amide bonds. The lowest BCUT2D eigenvalue weighted by atomic mass is 10.2. The molecule has 0 saturated heterocycles. The number of aromatic carboxylic acids is 1.